The molecule has 2 rings (SSSR count). The van der Waals surface area contributed by atoms with Crippen molar-refractivity contribution in [2.45, 2.75) is 39.5 Å². The number of carbonyl (C=O) groups excluding carboxylic acids is 4. The molecule has 0 bridgehead atoms. The predicted octanol–water partition coefficient (Wildman–Crippen LogP) is 4.02. The van der Waals surface area contributed by atoms with Gasteiger partial charge in [0.15, 0.2) is 0 Å². The normalized spacial score (nSPS) is 9.62. The van der Waals surface area contributed by atoms with E-state index in [9.17, 15) is 19.2 Å². The van der Waals surface area contributed by atoms with Crippen molar-refractivity contribution in [3.63, 3.8) is 0 Å². The lowest BCUT2D eigenvalue weighted by atomic mass is 10.0. The molecule has 0 unspecified atom stereocenters. The van der Waals surface area contributed by atoms with Gasteiger partial charge < -0.3 is 0 Å². The van der Waals surface area contributed by atoms with Crippen LogP contribution in [0.4, 0.5) is 0 Å². The molecule has 0 radical (unpaired) electrons. The summed E-state index contributed by atoms with van der Waals surface area (Å²) in [6, 6.07) is 18.1. The maximum Gasteiger partial charge on any atom is 0.228 e. The third kappa shape index (κ3) is 8.29. The molecule has 26 heavy (non-hydrogen) atoms. The molecule has 0 amide bonds. The summed E-state index contributed by atoms with van der Waals surface area (Å²) in [5.41, 5.74) is 1.45. The SMILES string of the molecule is CC(=O)CC(=O)Cc1ccccc1.CCCC(=O)C(=O)c1ccccc1. The van der Waals surface area contributed by atoms with Gasteiger partial charge in [-0.2, -0.15) is 0 Å². The van der Waals surface area contributed by atoms with Gasteiger partial charge in [0.1, 0.15) is 11.6 Å². The monoisotopic (exact) mass is 352 g/mol. The Morgan fingerprint density at radius 1 is 0.808 bits per heavy atom. The molecule has 0 heterocycles. The molecule has 0 atom stereocenters. The van der Waals surface area contributed by atoms with E-state index in [0.717, 1.165) is 12.0 Å². The molecule has 136 valence electrons. The number of hydrogen-bond donors (Lipinski definition) is 0. The molecule has 0 aliphatic heterocycles. The number of ketones is 4. The zero-order chi connectivity index (χ0) is 19.4. The Labute approximate surface area is 154 Å². The second-order valence-electron chi connectivity index (χ2n) is 5.95. The first kappa shape index (κ1) is 21.2. The van der Waals surface area contributed by atoms with Crippen molar-refractivity contribution < 1.29 is 19.2 Å². The Balaban J connectivity index is 0.000000260. The summed E-state index contributed by atoms with van der Waals surface area (Å²) in [5.74, 6) is -0.754. The highest BCUT2D eigenvalue weighted by Gasteiger charge is 2.13. The first-order chi connectivity index (χ1) is 12.4. The number of benzene rings is 2. The first-order valence-electron chi connectivity index (χ1n) is 8.61. The molecule has 0 aliphatic rings. The van der Waals surface area contributed by atoms with Gasteiger partial charge in [-0.3, -0.25) is 19.2 Å². The third-order valence-corrected chi connectivity index (χ3v) is 3.46. The van der Waals surface area contributed by atoms with Crippen molar-refractivity contribution in [2.75, 3.05) is 0 Å². The van der Waals surface area contributed by atoms with E-state index in [1.165, 1.54) is 6.92 Å². The highest BCUT2D eigenvalue weighted by atomic mass is 16.2. The fourth-order valence-corrected chi connectivity index (χ4v) is 2.25. The molecule has 4 nitrogen and oxygen atoms in total. The number of hydrogen-bond acceptors (Lipinski definition) is 4. The van der Waals surface area contributed by atoms with Crippen LogP contribution in [-0.2, 0) is 20.8 Å². The second kappa shape index (κ2) is 11.6. The van der Waals surface area contributed by atoms with Crippen LogP contribution in [0.15, 0.2) is 60.7 Å². The second-order valence-corrected chi connectivity index (χ2v) is 5.95. The number of rotatable bonds is 8. The molecule has 4 heteroatoms. The molecule has 2 aromatic rings. The molecular formula is C22H24O4. The molecule has 0 N–H and O–H groups in total. The molecule has 0 aromatic heterocycles. The third-order valence-electron chi connectivity index (χ3n) is 3.46. The van der Waals surface area contributed by atoms with Gasteiger partial charge in [-0.1, -0.05) is 67.6 Å². The minimum absolute atomic E-state index is 0.0151. The molecule has 0 saturated carbocycles. The van der Waals surface area contributed by atoms with Crippen LogP contribution in [0.2, 0.25) is 0 Å². The lowest BCUT2D eigenvalue weighted by Gasteiger charge is -1.97. The molecule has 0 aliphatic carbocycles. The van der Waals surface area contributed by atoms with Crippen LogP contribution in [0.1, 0.15) is 49.0 Å². The number of Topliss-reactive ketones (excluding diaryl/α,β-unsaturated/α-hetero) is 4. The van der Waals surface area contributed by atoms with Gasteiger partial charge in [0.25, 0.3) is 0 Å². The quantitative estimate of drug-likeness (QED) is 0.409. The Morgan fingerprint density at radius 2 is 1.35 bits per heavy atom. The highest BCUT2D eigenvalue weighted by molar-refractivity contribution is 6.43. The largest absolute Gasteiger partial charge is 0.300 e. The fraction of sp³-hybridized carbons (Fsp3) is 0.273. The van der Waals surface area contributed by atoms with Crippen LogP contribution < -0.4 is 0 Å². The average Bonchev–Trinajstić information content (AvgIpc) is 2.62. The standard InChI is InChI=1S/2C11H12O2/c1-9(12)7-11(13)8-10-5-3-2-4-6-10;1-2-6-10(12)11(13)9-7-4-3-5-8-9/h2-6H,7-8H2,1H3;3-5,7-8H,2,6H2,1H3. The van der Waals surface area contributed by atoms with E-state index in [4.69, 9.17) is 0 Å². The number of carbonyl (C=O) groups is 4. The van der Waals surface area contributed by atoms with Crippen LogP contribution in [-0.4, -0.2) is 23.1 Å². The average molecular weight is 352 g/mol. The molecular weight excluding hydrogens is 328 g/mol. The molecule has 0 saturated heterocycles. The van der Waals surface area contributed by atoms with Crippen molar-refractivity contribution in [3.8, 4) is 0 Å². The van der Waals surface area contributed by atoms with E-state index in [0.29, 0.717) is 18.4 Å². The summed E-state index contributed by atoms with van der Waals surface area (Å²) in [5, 5.41) is 0. The van der Waals surface area contributed by atoms with E-state index in [1.807, 2.05) is 43.3 Å². The van der Waals surface area contributed by atoms with Crippen LogP contribution in [0.3, 0.4) is 0 Å². The van der Waals surface area contributed by atoms with E-state index >= 15 is 0 Å². The summed E-state index contributed by atoms with van der Waals surface area (Å²) >= 11 is 0. The van der Waals surface area contributed by atoms with Crippen molar-refractivity contribution in [1.82, 2.24) is 0 Å². The van der Waals surface area contributed by atoms with Crippen LogP contribution in [0.25, 0.3) is 0 Å². The Kier molecular flexibility index (Phi) is 9.47. The fourth-order valence-electron chi connectivity index (χ4n) is 2.25. The van der Waals surface area contributed by atoms with Crippen molar-refractivity contribution in [3.05, 3.63) is 71.8 Å². The van der Waals surface area contributed by atoms with E-state index in [-0.39, 0.29) is 29.6 Å². The van der Waals surface area contributed by atoms with Crippen LogP contribution in [0.5, 0.6) is 0 Å². The van der Waals surface area contributed by atoms with Gasteiger partial charge in [0, 0.05) is 18.4 Å². The molecule has 0 fully saturated rings. The van der Waals surface area contributed by atoms with Crippen molar-refractivity contribution in [2.24, 2.45) is 0 Å². The van der Waals surface area contributed by atoms with Gasteiger partial charge in [-0.15, -0.1) is 0 Å². The topological polar surface area (TPSA) is 68.3 Å². The molecule has 2 aromatic carbocycles. The Hall–Kier alpha value is -2.88. The Morgan fingerprint density at radius 3 is 1.85 bits per heavy atom. The first-order valence-corrected chi connectivity index (χ1v) is 8.61. The van der Waals surface area contributed by atoms with Crippen molar-refractivity contribution in [1.29, 1.82) is 0 Å². The van der Waals surface area contributed by atoms with Gasteiger partial charge in [-0.25, -0.2) is 0 Å². The highest BCUT2D eigenvalue weighted by Crippen LogP contribution is 2.03. The zero-order valence-electron chi connectivity index (χ0n) is 15.2. The van der Waals surface area contributed by atoms with E-state index < -0.39 is 0 Å². The minimum atomic E-state index is -0.373. The van der Waals surface area contributed by atoms with Crippen molar-refractivity contribution >= 4 is 23.1 Å². The predicted molar refractivity (Wildman–Crippen MR) is 101 cm³/mol. The smallest absolute Gasteiger partial charge is 0.228 e. The Bertz CT molecular complexity index is 733. The summed E-state index contributed by atoms with van der Waals surface area (Å²) in [6.07, 6.45) is 1.47. The van der Waals surface area contributed by atoms with Gasteiger partial charge in [-0.05, 0) is 18.9 Å². The van der Waals surface area contributed by atoms with Gasteiger partial charge in [0.05, 0.1) is 6.42 Å². The van der Waals surface area contributed by atoms with Gasteiger partial charge in [0.2, 0.25) is 11.6 Å². The minimum Gasteiger partial charge on any atom is -0.300 e. The molecule has 0 spiro atoms. The van der Waals surface area contributed by atoms with E-state index in [2.05, 4.69) is 0 Å². The van der Waals surface area contributed by atoms with Crippen LogP contribution >= 0.6 is 0 Å². The van der Waals surface area contributed by atoms with E-state index in [1.54, 1.807) is 24.3 Å². The van der Waals surface area contributed by atoms with Crippen LogP contribution in [0, 0.1) is 0 Å². The lowest BCUT2D eigenvalue weighted by molar-refractivity contribution is -0.125. The summed E-state index contributed by atoms with van der Waals surface area (Å²) < 4.78 is 0. The van der Waals surface area contributed by atoms with Gasteiger partial charge >= 0.3 is 0 Å². The zero-order valence-corrected chi connectivity index (χ0v) is 15.2. The lowest BCUT2D eigenvalue weighted by Crippen LogP contribution is -2.13. The summed E-state index contributed by atoms with van der Waals surface area (Å²) in [7, 11) is 0. The maximum absolute atomic E-state index is 11.4. The summed E-state index contributed by atoms with van der Waals surface area (Å²) in [4.78, 5) is 44.4. The maximum atomic E-state index is 11.4. The summed E-state index contributed by atoms with van der Waals surface area (Å²) in [6.45, 7) is 3.32.